The van der Waals surface area contributed by atoms with Gasteiger partial charge in [-0.3, -0.25) is 19.4 Å². The van der Waals surface area contributed by atoms with Gasteiger partial charge in [-0.1, -0.05) is 0 Å². The number of hydrogen-bond donors (Lipinski definition) is 0. The quantitative estimate of drug-likeness (QED) is 0.754. The van der Waals surface area contributed by atoms with Crippen LogP contribution in [-0.4, -0.2) is 34.7 Å². The molecule has 1 aromatic rings. The summed E-state index contributed by atoms with van der Waals surface area (Å²) in [5.74, 6) is -1.82. The lowest BCUT2D eigenvalue weighted by molar-refractivity contribution is -0.142. The Labute approximate surface area is 114 Å². The molecule has 1 aromatic carbocycles. The van der Waals surface area contributed by atoms with Crippen molar-refractivity contribution in [2.24, 2.45) is 0 Å². The Bertz CT molecular complexity index is 651. The lowest BCUT2D eigenvalue weighted by Crippen LogP contribution is -2.52. The predicted octanol–water partition coefficient (Wildman–Crippen LogP) is 1.01. The second-order valence-corrected chi connectivity index (χ2v) is 4.31. The summed E-state index contributed by atoms with van der Waals surface area (Å²) in [5, 5.41) is 8.94. The van der Waals surface area contributed by atoms with Crippen LogP contribution in [0.1, 0.15) is 17.5 Å². The molecule has 0 radical (unpaired) electrons. The van der Waals surface area contributed by atoms with Crippen molar-refractivity contribution in [1.29, 1.82) is 5.26 Å². The Balaban J connectivity index is 2.32. The van der Waals surface area contributed by atoms with Crippen molar-refractivity contribution >= 4 is 17.8 Å². The number of carbonyl (C=O) groups is 3. The van der Waals surface area contributed by atoms with E-state index in [1.54, 1.807) is 0 Å². The van der Waals surface area contributed by atoms with E-state index in [9.17, 15) is 18.8 Å². The number of nitriles is 1. The number of rotatable bonds is 2. The van der Waals surface area contributed by atoms with E-state index in [-0.39, 0.29) is 17.7 Å². The minimum absolute atomic E-state index is 0.173. The maximum Gasteiger partial charge on any atom is 0.333 e. The average molecular weight is 275 g/mol. The van der Waals surface area contributed by atoms with Gasteiger partial charge in [0.25, 0.3) is 0 Å². The number of nitrogens with zero attached hydrogens (tertiary/aromatic N) is 3. The molecule has 102 valence electrons. The van der Waals surface area contributed by atoms with E-state index in [1.807, 2.05) is 6.07 Å². The van der Waals surface area contributed by atoms with Gasteiger partial charge in [0.1, 0.15) is 12.2 Å². The highest BCUT2D eigenvalue weighted by molar-refractivity contribution is 6.13. The molecule has 7 heteroatoms. The maximum absolute atomic E-state index is 13.2. The van der Waals surface area contributed by atoms with Crippen molar-refractivity contribution in [2.45, 2.75) is 13.0 Å². The molecule has 0 spiro atoms. The topological polar surface area (TPSA) is 81.5 Å². The average Bonchev–Trinajstić information content (AvgIpc) is 2.41. The number of benzene rings is 1. The number of halogens is 1. The molecule has 0 saturated carbocycles. The summed E-state index contributed by atoms with van der Waals surface area (Å²) in [4.78, 5) is 36.6. The highest BCUT2D eigenvalue weighted by Gasteiger charge is 2.35. The number of carbonyl (C=O) groups excluding carboxylic acids is 3. The van der Waals surface area contributed by atoms with Gasteiger partial charge < -0.3 is 0 Å². The monoisotopic (exact) mass is 275 g/mol. The molecule has 0 atom stereocenters. The standard InChI is InChI=1S/C13H10FN3O3/c1-16-11(18)5-12(19)17(13(16)20)7-9-4-10(14)3-2-8(9)6-15/h2-4H,5,7H2,1H3. The van der Waals surface area contributed by atoms with E-state index < -0.39 is 30.1 Å². The molecule has 1 fully saturated rings. The van der Waals surface area contributed by atoms with Gasteiger partial charge in [-0.2, -0.15) is 5.26 Å². The van der Waals surface area contributed by atoms with Crippen LogP contribution in [0.3, 0.4) is 0 Å². The summed E-state index contributed by atoms with van der Waals surface area (Å²) in [6.07, 6.45) is -0.417. The molecule has 0 unspecified atom stereocenters. The maximum atomic E-state index is 13.2. The zero-order valence-corrected chi connectivity index (χ0v) is 10.6. The van der Waals surface area contributed by atoms with Crippen molar-refractivity contribution in [3.63, 3.8) is 0 Å². The molecule has 1 heterocycles. The number of urea groups is 1. The van der Waals surface area contributed by atoms with E-state index in [0.717, 1.165) is 21.9 Å². The highest BCUT2D eigenvalue weighted by Crippen LogP contribution is 2.18. The van der Waals surface area contributed by atoms with Crippen LogP contribution >= 0.6 is 0 Å². The van der Waals surface area contributed by atoms with Gasteiger partial charge in [-0.05, 0) is 23.8 Å². The second kappa shape index (κ2) is 5.09. The van der Waals surface area contributed by atoms with Gasteiger partial charge in [-0.15, -0.1) is 0 Å². The van der Waals surface area contributed by atoms with Gasteiger partial charge in [0.05, 0.1) is 18.2 Å². The number of hydrogen-bond acceptors (Lipinski definition) is 4. The van der Waals surface area contributed by atoms with Crippen LogP contribution in [0.4, 0.5) is 9.18 Å². The van der Waals surface area contributed by atoms with Crippen LogP contribution < -0.4 is 0 Å². The summed E-state index contributed by atoms with van der Waals surface area (Å²) in [6.45, 7) is -0.240. The lowest BCUT2D eigenvalue weighted by atomic mass is 10.1. The third-order valence-electron chi connectivity index (χ3n) is 3.01. The Morgan fingerprint density at radius 1 is 1.30 bits per heavy atom. The summed E-state index contributed by atoms with van der Waals surface area (Å²) < 4.78 is 13.2. The van der Waals surface area contributed by atoms with Crippen molar-refractivity contribution in [2.75, 3.05) is 7.05 Å². The van der Waals surface area contributed by atoms with Crippen molar-refractivity contribution in [1.82, 2.24) is 9.80 Å². The van der Waals surface area contributed by atoms with Crippen LogP contribution in [-0.2, 0) is 16.1 Å². The molecule has 0 bridgehead atoms. The molecule has 1 aliphatic rings. The van der Waals surface area contributed by atoms with Gasteiger partial charge in [0.2, 0.25) is 11.8 Å². The largest absolute Gasteiger partial charge is 0.333 e. The van der Waals surface area contributed by atoms with E-state index in [0.29, 0.717) is 0 Å². The Kier molecular flexibility index (Phi) is 3.48. The molecule has 20 heavy (non-hydrogen) atoms. The van der Waals surface area contributed by atoms with Crippen molar-refractivity contribution in [3.8, 4) is 6.07 Å². The molecule has 0 aromatic heterocycles. The fourth-order valence-corrected chi connectivity index (χ4v) is 1.87. The first-order chi connectivity index (χ1) is 9.43. The minimum atomic E-state index is -0.778. The van der Waals surface area contributed by atoms with E-state index in [1.165, 1.54) is 13.1 Å². The Morgan fingerprint density at radius 3 is 2.65 bits per heavy atom. The number of imide groups is 2. The first kappa shape index (κ1) is 13.7. The van der Waals surface area contributed by atoms with Gasteiger partial charge >= 0.3 is 6.03 Å². The molecule has 0 N–H and O–H groups in total. The summed E-state index contributed by atoms with van der Waals surface area (Å²) in [7, 11) is 1.26. The van der Waals surface area contributed by atoms with Crippen LogP contribution in [0, 0.1) is 17.1 Å². The van der Waals surface area contributed by atoms with Crippen LogP contribution in [0.5, 0.6) is 0 Å². The minimum Gasteiger partial charge on any atom is -0.274 e. The van der Waals surface area contributed by atoms with Crippen molar-refractivity contribution < 1.29 is 18.8 Å². The van der Waals surface area contributed by atoms with Crippen LogP contribution in [0.2, 0.25) is 0 Å². The normalized spacial score (nSPS) is 15.6. The highest BCUT2D eigenvalue weighted by atomic mass is 19.1. The molecular formula is C13H10FN3O3. The van der Waals surface area contributed by atoms with E-state index in [4.69, 9.17) is 5.26 Å². The zero-order valence-electron chi connectivity index (χ0n) is 10.6. The van der Waals surface area contributed by atoms with Gasteiger partial charge in [-0.25, -0.2) is 9.18 Å². The smallest absolute Gasteiger partial charge is 0.274 e. The fraction of sp³-hybridized carbons (Fsp3) is 0.231. The second-order valence-electron chi connectivity index (χ2n) is 4.31. The van der Waals surface area contributed by atoms with Crippen molar-refractivity contribution in [3.05, 3.63) is 35.1 Å². The van der Waals surface area contributed by atoms with Crippen LogP contribution in [0.25, 0.3) is 0 Å². The lowest BCUT2D eigenvalue weighted by Gasteiger charge is -2.30. The zero-order chi connectivity index (χ0) is 14.9. The summed E-state index contributed by atoms with van der Waals surface area (Å²) in [5.41, 5.74) is 0.392. The van der Waals surface area contributed by atoms with E-state index >= 15 is 0 Å². The third-order valence-corrected chi connectivity index (χ3v) is 3.01. The van der Waals surface area contributed by atoms with Crippen LogP contribution in [0.15, 0.2) is 18.2 Å². The molecule has 2 rings (SSSR count). The molecule has 1 aliphatic heterocycles. The Morgan fingerprint density at radius 2 is 2.00 bits per heavy atom. The molecule has 4 amide bonds. The summed E-state index contributed by atoms with van der Waals surface area (Å²) in [6, 6.07) is 4.58. The fourth-order valence-electron chi connectivity index (χ4n) is 1.87. The number of amides is 4. The molecule has 0 aliphatic carbocycles. The first-order valence-electron chi connectivity index (χ1n) is 5.73. The SMILES string of the molecule is CN1C(=O)CC(=O)N(Cc2cc(F)ccc2C#N)C1=O. The van der Waals surface area contributed by atoms with E-state index in [2.05, 4.69) is 0 Å². The third kappa shape index (κ3) is 2.36. The summed E-state index contributed by atoms with van der Waals surface area (Å²) >= 11 is 0. The molecular weight excluding hydrogens is 265 g/mol. The molecule has 6 nitrogen and oxygen atoms in total. The first-order valence-corrected chi connectivity index (χ1v) is 5.73. The Hall–Kier alpha value is -2.75. The number of barbiturate groups is 1. The predicted molar refractivity (Wildman–Crippen MR) is 64.4 cm³/mol. The van der Waals surface area contributed by atoms with Gasteiger partial charge in [0.15, 0.2) is 0 Å². The van der Waals surface area contributed by atoms with Gasteiger partial charge in [0, 0.05) is 7.05 Å². The molecule has 1 saturated heterocycles.